The molecule has 1 rings (SSSR count). The van der Waals surface area contributed by atoms with Crippen LogP contribution in [0.15, 0.2) is 24.3 Å². The van der Waals surface area contributed by atoms with Crippen molar-refractivity contribution in [1.82, 2.24) is 0 Å². The van der Waals surface area contributed by atoms with Gasteiger partial charge in [-0.1, -0.05) is 31.2 Å². The van der Waals surface area contributed by atoms with E-state index in [0.717, 1.165) is 6.42 Å². The van der Waals surface area contributed by atoms with Crippen LogP contribution in [-0.4, -0.2) is 17.7 Å². The summed E-state index contributed by atoms with van der Waals surface area (Å²) in [6.45, 7) is 2.15. The van der Waals surface area contributed by atoms with Crippen molar-refractivity contribution in [2.75, 3.05) is 0 Å². The zero-order valence-electron chi connectivity index (χ0n) is 7.02. The van der Waals surface area contributed by atoms with Gasteiger partial charge in [0.15, 0.2) is 0 Å². The molecule has 49 valence electrons. The van der Waals surface area contributed by atoms with E-state index in [0.29, 0.717) is 0 Å². The van der Waals surface area contributed by atoms with Gasteiger partial charge in [0.1, 0.15) is 0 Å². The first kappa shape index (κ1) is 9.82. The third-order valence-corrected chi connectivity index (χ3v) is 1.20. The molecule has 1 aromatic rings. The molecule has 1 aromatic carbocycles. The van der Waals surface area contributed by atoms with Crippen molar-refractivity contribution in [3.63, 3.8) is 0 Å². The minimum atomic E-state index is 1.12. The molecule has 0 aliphatic rings. The molecule has 1 heteroatoms. The molecule has 0 aliphatic heterocycles. The van der Waals surface area contributed by atoms with E-state index < -0.39 is 0 Å². The summed E-state index contributed by atoms with van der Waals surface area (Å²) in [4.78, 5) is 0. The normalized spacial score (nSPS) is 8.00. The summed E-state index contributed by atoms with van der Waals surface area (Å²) in [7, 11) is 0. The molecule has 0 atom stereocenters. The standard InChI is InChI=1S/C8H9.CH3.Li/c1-2-8-6-4-3-5-7-8;;/h4-7H,2H2,1H3;1H3;. The van der Waals surface area contributed by atoms with Gasteiger partial charge in [-0.2, -0.15) is 0 Å². The molecule has 0 amide bonds. The molecule has 0 N–H and O–H groups in total. The predicted molar refractivity (Wildman–Crippen MR) is 46.3 cm³/mol. The van der Waals surface area contributed by atoms with Crippen LogP contribution in [0, 0.1) is 6.07 Å². The fraction of sp³-hybridized carbons (Fsp3) is 0.333. The van der Waals surface area contributed by atoms with Crippen molar-refractivity contribution in [2.24, 2.45) is 0 Å². The van der Waals surface area contributed by atoms with E-state index in [1.54, 1.807) is 0 Å². The van der Waals surface area contributed by atoms with Crippen molar-refractivity contribution in [2.45, 2.75) is 18.9 Å². The van der Waals surface area contributed by atoms with E-state index in [4.69, 9.17) is 0 Å². The first-order valence-corrected chi connectivity index (χ1v) is 3.88. The van der Waals surface area contributed by atoms with Gasteiger partial charge in [-0.15, -0.1) is 0 Å². The second-order valence-corrected chi connectivity index (χ2v) is 1.76. The third-order valence-electron chi connectivity index (χ3n) is 1.20. The molecule has 0 unspecified atom stereocenters. The predicted octanol–water partition coefficient (Wildman–Crippen LogP) is 2.25. The summed E-state index contributed by atoms with van der Waals surface area (Å²) in [5.41, 5.74) is 3.38. The monoisotopic (exact) mass is 127 g/mol. The number of hydrogen-bond acceptors (Lipinski definition) is 0. The van der Waals surface area contributed by atoms with E-state index in [1.807, 2.05) is 35.4 Å². The molecule has 0 aliphatic carbocycles. The first-order chi connectivity index (χ1) is 4.93. The van der Waals surface area contributed by atoms with Crippen LogP contribution in [0.3, 0.4) is 0 Å². The Hall–Kier alpha value is -0.183. The first-order valence-electron chi connectivity index (χ1n) is 3.88. The number of benzene rings is 1. The van der Waals surface area contributed by atoms with Crippen LogP contribution < -0.4 is 0 Å². The molecule has 0 saturated carbocycles. The van der Waals surface area contributed by atoms with Gasteiger partial charge in [-0.05, 0) is 18.1 Å². The van der Waals surface area contributed by atoms with E-state index in [1.165, 1.54) is 5.56 Å². The zero-order chi connectivity index (χ0) is 7.82. The molecule has 0 spiro atoms. The Labute approximate surface area is 72.9 Å². The van der Waals surface area contributed by atoms with Crippen molar-refractivity contribution in [1.29, 1.82) is 0 Å². The average Bonchev–Trinajstić information content (AvgIpc) is 2.10. The second-order valence-electron chi connectivity index (χ2n) is 1.76. The quantitative estimate of drug-likeness (QED) is 0.507. The molecule has 10 heavy (non-hydrogen) atoms. The Morgan fingerprint density at radius 2 is 1.80 bits per heavy atom. The van der Waals surface area contributed by atoms with Crippen LogP contribution in [0.2, 0.25) is 5.60 Å². The van der Waals surface area contributed by atoms with E-state index in [9.17, 15) is 0 Å². The topological polar surface area (TPSA) is 0 Å². The number of aryl methyl sites for hydroxylation is 1. The summed E-state index contributed by atoms with van der Waals surface area (Å²) in [6, 6.07) is 11.0. The molecule has 1 radical (unpaired) electrons. The van der Waals surface area contributed by atoms with Crippen LogP contribution in [0.25, 0.3) is 0 Å². The molecule has 0 nitrogen and oxygen atoms in total. The molecular formula is C9H12Li. The van der Waals surface area contributed by atoms with Crippen LogP contribution in [0.1, 0.15) is 12.5 Å². The van der Waals surface area contributed by atoms with Gasteiger partial charge in [0.25, 0.3) is 0 Å². The van der Waals surface area contributed by atoms with Gasteiger partial charge >= 0.3 is 23.3 Å². The molecule has 0 bridgehead atoms. The minimum absolute atomic E-state index is 1.12. The second kappa shape index (κ2) is 6.93. The summed E-state index contributed by atoms with van der Waals surface area (Å²) < 4.78 is 0. The summed E-state index contributed by atoms with van der Waals surface area (Å²) in [5.74, 6) is 0. The van der Waals surface area contributed by atoms with E-state index in [2.05, 4.69) is 25.1 Å². The van der Waals surface area contributed by atoms with Gasteiger partial charge in [0, 0.05) is 0 Å². The van der Waals surface area contributed by atoms with Crippen LogP contribution in [0.4, 0.5) is 0 Å². The Morgan fingerprint density at radius 1 is 1.30 bits per heavy atom. The maximum absolute atomic E-state index is 2.97. The number of rotatable bonds is 1. The van der Waals surface area contributed by atoms with Gasteiger partial charge < -0.3 is 0 Å². The van der Waals surface area contributed by atoms with Gasteiger partial charge in [0.05, 0.1) is 0 Å². The van der Waals surface area contributed by atoms with Crippen molar-refractivity contribution in [3.8, 4) is 0 Å². The SMILES string of the molecule is CCc1cc[c]cc1.[Li][CH3]. The third kappa shape index (κ3) is 3.77. The van der Waals surface area contributed by atoms with E-state index >= 15 is 0 Å². The Morgan fingerprint density at radius 3 is 2.10 bits per heavy atom. The van der Waals surface area contributed by atoms with Gasteiger partial charge in [-0.25, -0.2) is 0 Å². The Kier molecular flexibility index (Phi) is 6.80. The molecule has 0 fully saturated rings. The molecular weight excluding hydrogens is 115 g/mol. The van der Waals surface area contributed by atoms with Crippen molar-refractivity contribution in [3.05, 3.63) is 35.9 Å². The fourth-order valence-electron chi connectivity index (χ4n) is 0.657. The van der Waals surface area contributed by atoms with Crippen molar-refractivity contribution >= 4 is 17.7 Å². The molecule has 0 saturated heterocycles. The molecule has 0 heterocycles. The van der Waals surface area contributed by atoms with Gasteiger partial charge in [-0.3, -0.25) is 0 Å². The van der Waals surface area contributed by atoms with Crippen LogP contribution in [-0.2, 0) is 6.42 Å². The zero-order valence-corrected chi connectivity index (χ0v) is 7.02. The average molecular weight is 127 g/mol. The van der Waals surface area contributed by atoms with Gasteiger partial charge in [0.2, 0.25) is 0 Å². The fourth-order valence-corrected chi connectivity index (χ4v) is 0.657. The van der Waals surface area contributed by atoms with Crippen molar-refractivity contribution < 1.29 is 0 Å². The molecule has 0 aromatic heterocycles. The summed E-state index contributed by atoms with van der Waals surface area (Å²) in [6.07, 6.45) is 1.12. The summed E-state index contributed by atoms with van der Waals surface area (Å²) >= 11 is 2.00. The van der Waals surface area contributed by atoms with Crippen LogP contribution >= 0.6 is 0 Å². The summed E-state index contributed by atoms with van der Waals surface area (Å²) in [5, 5.41) is 0. The Balaban J connectivity index is 0.000000371. The van der Waals surface area contributed by atoms with Crippen LogP contribution in [0.5, 0.6) is 0 Å². The maximum atomic E-state index is 2.97. The Bertz CT molecular complexity index is 146. The van der Waals surface area contributed by atoms with E-state index in [-0.39, 0.29) is 0 Å². The number of hydrogen-bond donors (Lipinski definition) is 0.